The molecule has 1 heterocycles. The van der Waals surface area contributed by atoms with E-state index in [0.29, 0.717) is 29.9 Å². The largest absolute Gasteiger partial charge is 0.341 e. The highest BCUT2D eigenvalue weighted by atomic mass is 32.2. The first-order chi connectivity index (χ1) is 18.7. The minimum atomic E-state index is -4.44. The molecule has 2 unspecified atom stereocenters. The molecule has 13 heteroatoms. The molecule has 0 aromatic heterocycles. The molecule has 40 heavy (non-hydrogen) atoms. The topological polar surface area (TPSA) is 168 Å². The number of nitrogens with zero attached hydrogens (tertiary/aromatic N) is 1. The van der Waals surface area contributed by atoms with Crippen molar-refractivity contribution < 1.29 is 31.2 Å². The number of sulfonamides is 1. The van der Waals surface area contributed by atoms with Crippen molar-refractivity contribution in [3.8, 4) is 0 Å². The molecule has 3 N–H and O–H groups in total. The molecule has 0 saturated heterocycles. The maximum atomic E-state index is 14.0. The molecule has 2 aromatic rings. The monoisotopic (exact) mass is 588 g/mol. The van der Waals surface area contributed by atoms with Crippen LogP contribution in [-0.4, -0.2) is 40.1 Å². The van der Waals surface area contributed by atoms with Gasteiger partial charge in [-0.3, -0.25) is 19.1 Å². The molecule has 1 amide bonds. The second kappa shape index (κ2) is 10.8. The average molecular weight is 589 g/mol. The van der Waals surface area contributed by atoms with Crippen LogP contribution in [0.2, 0.25) is 0 Å². The summed E-state index contributed by atoms with van der Waals surface area (Å²) in [5.41, 5.74) is -0.158. The Bertz CT molecular complexity index is 1630. The smallest absolute Gasteiger partial charge is 0.323 e. The van der Waals surface area contributed by atoms with Crippen molar-refractivity contribution in [3.63, 3.8) is 0 Å². The summed E-state index contributed by atoms with van der Waals surface area (Å²) in [6.45, 7) is 7.57. The Kier molecular flexibility index (Phi) is 7.92. The predicted molar refractivity (Wildman–Crippen MR) is 151 cm³/mol. The molecule has 2 aliphatic rings. The van der Waals surface area contributed by atoms with E-state index < -0.39 is 49.0 Å². The fourth-order valence-electron chi connectivity index (χ4n) is 4.96. The maximum absolute atomic E-state index is 14.0. The van der Waals surface area contributed by atoms with Crippen molar-refractivity contribution in [1.82, 2.24) is 4.72 Å². The van der Waals surface area contributed by atoms with Crippen LogP contribution in [-0.2, 0) is 35.2 Å². The Morgan fingerprint density at radius 1 is 1.15 bits per heavy atom. The number of rotatable bonds is 9. The van der Waals surface area contributed by atoms with Crippen molar-refractivity contribution in [3.05, 3.63) is 53.6 Å². The number of hydrogen-bond acceptors (Lipinski definition) is 8. The fraction of sp³-hybridized carbons (Fsp3) is 0.407. The molecule has 0 fully saturated rings. The van der Waals surface area contributed by atoms with Crippen molar-refractivity contribution in [2.45, 2.75) is 63.7 Å². The molecule has 1 aliphatic carbocycles. The van der Waals surface area contributed by atoms with Gasteiger partial charge in [0.2, 0.25) is 5.91 Å². The van der Waals surface area contributed by atoms with E-state index in [0.717, 1.165) is 12.5 Å². The summed E-state index contributed by atoms with van der Waals surface area (Å²) in [7, 11) is -8.74. The molecule has 0 spiro atoms. The molecule has 2 aromatic carbocycles. The quantitative estimate of drug-likeness (QED) is 0.374. The van der Waals surface area contributed by atoms with Crippen LogP contribution in [0.3, 0.4) is 0 Å². The number of carbonyl (C=O) groups excluding carboxylic acids is 3. The van der Waals surface area contributed by atoms with Crippen LogP contribution in [0.4, 0.5) is 11.4 Å². The minimum Gasteiger partial charge on any atom is -0.341 e. The van der Waals surface area contributed by atoms with Crippen molar-refractivity contribution in [1.29, 1.82) is 0 Å². The van der Waals surface area contributed by atoms with E-state index in [2.05, 4.69) is 14.4 Å². The van der Waals surface area contributed by atoms with E-state index in [1.54, 1.807) is 38.1 Å². The Morgan fingerprint density at radius 2 is 1.85 bits per heavy atom. The predicted octanol–water partition coefficient (Wildman–Crippen LogP) is 3.55. The third kappa shape index (κ3) is 5.66. The zero-order valence-electron chi connectivity index (χ0n) is 22.6. The van der Waals surface area contributed by atoms with Crippen LogP contribution in [0.25, 0.3) is 0 Å². The van der Waals surface area contributed by atoms with E-state index in [4.69, 9.17) is 0 Å². The molecule has 1 aliphatic heterocycles. The van der Waals surface area contributed by atoms with Gasteiger partial charge < -0.3 is 5.32 Å². The van der Waals surface area contributed by atoms with Gasteiger partial charge in [-0.25, -0.2) is 4.72 Å². The highest BCUT2D eigenvalue weighted by molar-refractivity contribution is 7.91. The van der Waals surface area contributed by atoms with Gasteiger partial charge in [-0.15, -0.1) is 4.40 Å². The van der Waals surface area contributed by atoms with Gasteiger partial charge in [0.15, 0.2) is 11.6 Å². The summed E-state index contributed by atoms with van der Waals surface area (Å²) in [5, 5.41) is 2.84. The molecule has 11 nitrogen and oxygen atoms in total. The SMILES string of the molecule is CCCC(=O)NS(=O)(=O)Nc1ccc2c(c1)S(=O)(=O)N=C(C1C(=O)c3ccccc3C(C)(CCC(C)C)C1=O)N2. The van der Waals surface area contributed by atoms with Gasteiger partial charge in [-0.1, -0.05) is 45.0 Å². The molecule has 214 valence electrons. The Morgan fingerprint density at radius 3 is 2.52 bits per heavy atom. The molecular weight excluding hydrogens is 556 g/mol. The van der Waals surface area contributed by atoms with Gasteiger partial charge in [-0.2, -0.15) is 16.8 Å². The van der Waals surface area contributed by atoms with Crippen LogP contribution in [0.15, 0.2) is 51.8 Å². The number of anilines is 2. The number of fused-ring (bicyclic) bond motifs is 2. The molecule has 0 bridgehead atoms. The summed E-state index contributed by atoms with van der Waals surface area (Å²) in [6.07, 6.45) is 1.63. The van der Waals surface area contributed by atoms with Crippen LogP contribution in [0.1, 0.15) is 69.3 Å². The van der Waals surface area contributed by atoms with Crippen LogP contribution in [0, 0.1) is 11.8 Å². The lowest BCUT2D eigenvalue weighted by Crippen LogP contribution is -2.51. The second-order valence-electron chi connectivity index (χ2n) is 10.6. The number of Topliss-reactive ketones (excluding diaryl/α,β-unsaturated/α-hetero) is 2. The Hall–Kier alpha value is -3.58. The molecule has 0 radical (unpaired) electrons. The lowest BCUT2D eigenvalue weighted by Gasteiger charge is -2.39. The third-order valence-electron chi connectivity index (χ3n) is 7.07. The number of amides is 1. The van der Waals surface area contributed by atoms with Crippen molar-refractivity contribution in [2.24, 2.45) is 16.2 Å². The van der Waals surface area contributed by atoms with Crippen LogP contribution < -0.4 is 14.8 Å². The minimum absolute atomic E-state index is 0.000483. The van der Waals surface area contributed by atoms with Crippen molar-refractivity contribution in [2.75, 3.05) is 10.0 Å². The van der Waals surface area contributed by atoms with Gasteiger partial charge >= 0.3 is 10.2 Å². The summed E-state index contributed by atoms with van der Waals surface area (Å²) in [6, 6.07) is 10.5. The zero-order valence-corrected chi connectivity index (χ0v) is 24.3. The Labute approximate surface area is 234 Å². The van der Waals surface area contributed by atoms with E-state index in [9.17, 15) is 31.2 Å². The van der Waals surface area contributed by atoms with E-state index in [-0.39, 0.29) is 28.5 Å². The maximum Gasteiger partial charge on any atom is 0.323 e. The first kappa shape index (κ1) is 29.4. The summed E-state index contributed by atoms with van der Waals surface area (Å²) in [4.78, 5) is 38.9. The van der Waals surface area contributed by atoms with Gasteiger partial charge in [0, 0.05) is 12.0 Å². The van der Waals surface area contributed by atoms with Gasteiger partial charge in [0.05, 0.1) is 16.8 Å². The van der Waals surface area contributed by atoms with E-state index in [1.165, 1.54) is 12.1 Å². The molecule has 4 rings (SSSR count). The van der Waals surface area contributed by atoms with Gasteiger partial charge in [0.1, 0.15) is 16.6 Å². The van der Waals surface area contributed by atoms with Crippen LogP contribution in [0.5, 0.6) is 0 Å². The van der Waals surface area contributed by atoms with E-state index in [1.807, 2.05) is 18.6 Å². The summed E-state index contributed by atoms with van der Waals surface area (Å²) >= 11 is 0. The lowest BCUT2D eigenvalue weighted by atomic mass is 9.63. The number of benzene rings is 2. The van der Waals surface area contributed by atoms with Crippen LogP contribution >= 0.6 is 0 Å². The first-order valence-corrected chi connectivity index (χ1v) is 15.9. The number of nitrogens with one attached hydrogen (secondary N) is 3. The highest BCUT2D eigenvalue weighted by Crippen LogP contribution is 2.43. The number of amidine groups is 1. The van der Waals surface area contributed by atoms with Gasteiger partial charge in [0.25, 0.3) is 10.0 Å². The normalized spacial score (nSPS) is 21.6. The number of carbonyl (C=O) groups is 3. The lowest BCUT2D eigenvalue weighted by molar-refractivity contribution is -0.125. The second-order valence-corrected chi connectivity index (χ2v) is 13.6. The van der Waals surface area contributed by atoms with Crippen molar-refractivity contribution >= 4 is 54.9 Å². The average Bonchev–Trinajstić information content (AvgIpc) is 2.86. The molecule has 2 atom stereocenters. The van der Waals surface area contributed by atoms with E-state index >= 15 is 0 Å². The molecule has 0 saturated carbocycles. The molecular formula is C27H32N4O7S2. The number of ketones is 2. The van der Waals surface area contributed by atoms with Gasteiger partial charge in [-0.05, 0) is 55.9 Å². The zero-order chi connectivity index (χ0) is 29.5. The Balaban J connectivity index is 1.69. The highest BCUT2D eigenvalue weighted by Gasteiger charge is 2.51. The fourth-order valence-corrected chi connectivity index (χ4v) is 7.04. The first-order valence-electron chi connectivity index (χ1n) is 13.0. The summed E-state index contributed by atoms with van der Waals surface area (Å²) in [5.74, 6) is -3.14. The third-order valence-corrected chi connectivity index (χ3v) is 9.40. The standard InChI is InChI=1S/C27H32N4O7S2/c1-5-8-22(32)30-40(37,38)29-17-11-12-20-21(15-17)39(35,36)31-26(28-20)23-24(33)18-9-6-7-10-19(18)27(4,25(23)34)14-13-16(2)3/h6-7,9-12,15-16,23,29H,5,8,13-14H2,1-4H3,(H,28,31)(H,30,32). The number of hydrogen-bond donors (Lipinski definition) is 3. The summed E-state index contributed by atoms with van der Waals surface area (Å²) < 4.78 is 58.9.